The van der Waals surface area contributed by atoms with E-state index in [-0.39, 0.29) is 5.92 Å². The average Bonchev–Trinajstić information content (AvgIpc) is 2.86. The van der Waals surface area contributed by atoms with Crippen molar-refractivity contribution in [2.45, 2.75) is 37.9 Å². The molecular formula is C27H31O5P. The smallest absolute Gasteiger partial charge is 0.133 e. The summed E-state index contributed by atoms with van der Waals surface area (Å²) < 4.78 is 31.3. The van der Waals surface area contributed by atoms with Gasteiger partial charge in [-0.15, -0.1) is 0 Å². The summed E-state index contributed by atoms with van der Waals surface area (Å²) in [5.74, 6) is -1.17. The highest BCUT2D eigenvalue weighted by atomic mass is 31.1. The molecule has 1 N–H and O–H groups in total. The molecule has 3 aromatic rings. The summed E-state index contributed by atoms with van der Waals surface area (Å²) in [6.45, 7) is 1.57. The predicted octanol–water partition coefficient (Wildman–Crippen LogP) is 4.88. The van der Waals surface area contributed by atoms with Crippen LogP contribution in [0, 0.1) is 5.92 Å². The number of benzene rings is 3. The second-order valence-electron chi connectivity index (χ2n) is 8.40. The molecule has 5 nitrogen and oxygen atoms in total. The van der Waals surface area contributed by atoms with Crippen molar-refractivity contribution in [3.63, 3.8) is 0 Å². The maximum atomic E-state index is 12.8. The Balaban J connectivity index is 1.46. The highest BCUT2D eigenvalue weighted by Gasteiger charge is 2.44. The first-order valence-electron chi connectivity index (χ1n) is 11.3. The van der Waals surface area contributed by atoms with Crippen molar-refractivity contribution in [1.82, 2.24) is 0 Å². The molecule has 0 saturated carbocycles. The van der Waals surface area contributed by atoms with Crippen LogP contribution in [0.4, 0.5) is 0 Å². The number of hydrogen-bond donors (Lipinski definition) is 1. The van der Waals surface area contributed by atoms with Crippen molar-refractivity contribution >= 4 is 7.80 Å². The lowest BCUT2D eigenvalue weighted by molar-refractivity contribution is -0.145. The molecule has 0 aromatic heterocycles. The molecule has 0 spiro atoms. The van der Waals surface area contributed by atoms with Crippen LogP contribution in [0.5, 0.6) is 0 Å². The van der Waals surface area contributed by atoms with Gasteiger partial charge in [0.1, 0.15) is 19.8 Å². The largest absolute Gasteiger partial charge is 0.383 e. The Morgan fingerprint density at radius 3 is 1.67 bits per heavy atom. The standard InChI is InChI=1S/C27H31O5P/c28-27-26(32-18-23-14-8-3-9-15-23)25(31-17-22-12-6-2-7-13-22)24(20-33(27)29)19-30-16-21-10-4-1-5-11-21/h1-15,24-28,33H,16-20H2. The van der Waals surface area contributed by atoms with Gasteiger partial charge in [0.15, 0.2) is 0 Å². The number of ether oxygens (including phenoxy) is 3. The molecule has 1 aliphatic heterocycles. The van der Waals surface area contributed by atoms with E-state index in [9.17, 15) is 9.67 Å². The van der Waals surface area contributed by atoms with Gasteiger partial charge in [0, 0.05) is 12.1 Å². The van der Waals surface area contributed by atoms with Crippen molar-refractivity contribution in [3.8, 4) is 0 Å². The highest BCUT2D eigenvalue weighted by molar-refractivity contribution is 7.45. The van der Waals surface area contributed by atoms with Gasteiger partial charge in [0.25, 0.3) is 0 Å². The monoisotopic (exact) mass is 466 g/mol. The molecule has 1 saturated heterocycles. The lowest BCUT2D eigenvalue weighted by Crippen LogP contribution is -2.50. The number of rotatable bonds is 10. The second kappa shape index (κ2) is 12.3. The fourth-order valence-corrected chi connectivity index (χ4v) is 5.89. The van der Waals surface area contributed by atoms with E-state index in [1.165, 1.54) is 0 Å². The van der Waals surface area contributed by atoms with Gasteiger partial charge in [-0.3, -0.25) is 0 Å². The van der Waals surface area contributed by atoms with Crippen LogP contribution in [-0.2, 0) is 38.6 Å². The number of aliphatic hydroxyl groups excluding tert-OH is 1. The minimum Gasteiger partial charge on any atom is -0.383 e. The second-order valence-corrected chi connectivity index (χ2v) is 10.3. The number of aliphatic hydroxyl groups is 1. The molecule has 6 heteroatoms. The summed E-state index contributed by atoms with van der Waals surface area (Å²) in [7, 11) is -2.26. The molecule has 0 aliphatic carbocycles. The molecule has 5 unspecified atom stereocenters. The Labute approximate surface area is 196 Å². The third-order valence-corrected chi connectivity index (χ3v) is 7.82. The Hall–Kier alpha value is -2.27. The lowest BCUT2D eigenvalue weighted by atomic mass is 9.99. The Kier molecular flexibility index (Phi) is 8.87. The molecule has 174 valence electrons. The Morgan fingerprint density at radius 1 is 0.697 bits per heavy atom. The van der Waals surface area contributed by atoms with E-state index in [4.69, 9.17) is 14.2 Å². The van der Waals surface area contributed by atoms with Crippen LogP contribution < -0.4 is 0 Å². The van der Waals surface area contributed by atoms with Gasteiger partial charge in [0.05, 0.1) is 32.5 Å². The van der Waals surface area contributed by atoms with E-state index in [1.54, 1.807) is 0 Å². The zero-order valence-corrected chi connectivity index (χ0v) is 19.6. The first kappa shape index (κ1) is 23.9. The van der Waals surface area contributed by atoms with Crippen molar-refractivity contribution in [2.24, 2.45) is 5.92 Å². The molecule has 3 aromatic carbocycles. The topological polar surface area (TPSA) is 65.0 Å². The molecule has 0 bridgehead atoms. The van der Waals surface area contributed by atoms with Gasteiger partial charge in [-0.05, 0) is 16.7 Å². The molecule has 1 heterocycles. The molecule has 33 heavy (non-hydrogen) atoms. The molecule has 1 fully saturated rings. The van der Waals surface area contributed by atoms with Gasteiger partial charge in [-0.25, -0.2) is 0 Å². The fourth-order valence-electron chi connectivity index (χ4n) is 4.13. The van der Waals surface area contributed by atoms with Gasteiger partial charge in [-0.1, -0.05) is 91.0 Å². The van der Waals surface area contributed by atoms with Gasteiger partial charge in [0.2, 0.25) is 0 Å². The maximum absolute atomic E-state index is 12.8. The zero-order chi connectivity index (χ0) is 22.9. The summed E-state index contributed by atoms with van der Waals surface area (Å²) in [6, 6.07) is 29.7. The van der Waals surface area contributed by atoms with Crippen LogP contribution in [0.2, 0.25) is 0 Å². The van der Waals surface area contributed by atoms with E-state index in [0.29, 0.717) is 32.6 Å². The van der Waals surface area contributed by atoms with Crippen LogP contribution >= 0.6 is 7.80 Å². The van der Waals surface area contributed by atoms with Crippen molar-refractivity contribution in [3.05, 3.63) is 108 Å². The predicted molar refractivity (Wildman–Crippen MR) is 130 cm³/mol. The summed E-state index contributed by atoms with van der Waals surface area (Å²) in [5, 5.41) is 10.8. The average molecular weight is 467 g/mol. The summed E-state index contributed by atoms with van der Waals surface area (Å²) in [6.07, 6.45) is -0.729. The first-order chi connectivity index (χ1) is 16.2. The minimum absolute atomic E-state index is 0.131. The lowest BCUT2D eigenvalue weighted by Gasteiger charge is -2.40. The van der Waals surface area contributed by atoms with E-state index in [2.05, 4.69) is 0 Å². The van der Waals surface area contributed by atoms with Crippen LogP contribution in [0.15, 0.2) is 91.0 Å². The molecule has 1 aliphatic rings. The summed E-state index contributed by atoms with van der Waals surface area (Å²) in [4.78, 5) is 0. The quantitative estimate of drug-likeness (QED) is 0.432. The molecule has 0 radical (unpaired) electrons. The summed E-state index contributed by atoms with van der Waals surface area (Å²) >= 11 is 0. The summed E-state index contributed by atoms with van der Waals surface area (Å²) in [5.41, 5.74) is 3.12. The maximum Gasteiger partial charge on any atom is 0.133 e. The van der Waals surface area contributed by atoms with E-state index in [0.717, 1.165) is 16.7 Å². The third kappa shape index (κ3) is 6.86. The molecule has 4 rings (SSSR count). The SMILES string of the molecule is O=[PH]1CC(COCc2ccccc2)C(OCc2ccccc2)C(OCc2ccccc2)C1O. The molecular weight excluding hydrogens is 435 g/mol. The van der Waals surface area contributed by atoms with Gasteiger partial charge >= 0.3 is 0 Å². The van der Waals surface area contributed by atoms with E-state index >= 15 is 0 Å². The number of hydrogen-bond acceptors (Lipinski definition) is 5. The van der Waals surface area contributed by atoms with E-state index < -0.39 is 25.9 Å². The van der Waals surface area contributed by atoms with Crippen molar-refractivity contribution in [2.75, 3.05) is 12.8 Å². The van der Waals surface area contributed by atoms with Crippen LogP contribution in [0.25, 0.3) is 0 Å². The van der Waals surface area contributed by atoms with Crippen molar-refractivity contribution in [1.29, 1.82) is 0 Å². The normalized spacial score (nSPS) is 25.1. The fraction of sp³-hybridized carbons (Fsp3) is 0.333. The first-order valence-corrected chi connectivity index (χ1v) is 13.0. The van der Waals surface area contributed by atoms with Crippen LogP contribution in [0.3, 0.4) is 0 Å². The zero-order valence-electron chi connectivity index (χ0n) is 18.6. The van der Waals surface area contributed by atoms with Crippen molar-refractivity contribution < 1.29 is 23.9 Å². The third-order valence-electron chi connectivity index (χ3n) is 5.91. The van der Waals surface area contributed by atoms with Crippen LogP contribution in [0.1, 0.15) is 16.7 Å². The minimum atomic E-state index is -2.26. The highest BCUT2D eigenvalue weighted by Crippen LogP contribution is 2.42. The Morgan fingerprint density at radius 2 is 1.15 bits per heavy atom. The Bertz CT molecular complexity index is 983. The van der Waals surface area contributed by atoms with Crippen LogP contribution in [-0.4, -0.2) is 35.9 Å². The van der Waals surface area contributed by atoms with E-state index in [1.807, 2.05) is 91.0 Å². The van der Waals surface area contributed by atoms with Gasteiger partial charge < -0.3 is 23.9 Å². The molecule has 0 amide bonds. The molecule has 5 atom stereocenters. The van der Waals surface area contributed by atoms with Gasteiger partial charge in [-0.2, -0.15) is 0 Å².